The van der Waals surface area contributed by atoms with Gasteiger partial charge in [-0.3, -0.25) is 4.79 Å². The zero-order chi connectivity index (χ0) is 16.0. The minimum absolute atomic E-state index is 0.0912. The van der Waals surface area contributed by atoms with E-state index in [0.29, 0.717) is 6.42 Å². The largest absolute Gasteiger partial charge is 0.352 e. The number of halogens is 1. The Hall–Kier alpha value is -1.47. The molecule has 1 aromatic rings. The van der Waals surface area contributed by atoms with E-state index in [9.17, 15) is 17.6 Å². The van der Waals surface area contributed by atoms with Crippen molar-refractivity contribution in [1.29, 1.82) is 0 Å². The van der Waals surface area contributed by atoms with Gasteiger partial charge in [0.15, 0.2) is 0 Å². The molecule has 2 atom stereocenters. The van der Waals surface area contributed by atoms with Gasteiger partial charge in [-0.2, -0.15) is 0 Å². The number of hydrogen-bond donors (Lipinski definition) is 2. The van der Waals surface area contributed by atoms with Crippen LogP contribution in [0.4, 0.5) is 4.39 Å². The highest BCUT2D eigenvalue weighted by atomic mass is 32.2. The number of sulfone groups is 1. The summed E-state index contributed by atoms with van der Waals surface area (Å²) >= 11 is 0. The van der Waals surface area contributed by atoms with Gasteiger partial charge in [-0.15, -0.1) is 0 Å². The van der Waals surface area contributed by atoms with Gasteiger partial charge in [0.25, 0.3) is 0 Å². The number of amides is 1. The van der Waals surface area contributed by atoms with Gasteiger partial charge in [-0.25, -0.2) is 12.8 Å². The fourth-order valence-electron chi connectivity index (χ4n) is 1.85. The Morgan fingerprint density at radius 1 is 1.33 bits per heavy atom. The number of nitrogens with two attached hydrogens (primary N) is 1. The van der Waals surface area contributed by atoms with Crippen molar-refractivity contribution < 1.29 is 17.6 Å². The summed E-state index contributed by atoms with van der Waals surface area (Å²) < 4.78 is 34.8. The van der Waals surface area contributed by atoms with Crippen molar-refractivity contribution in [2.75, 3.05) is 12.0 Å². The van der Waals surface area contributed by atoms with E-state index < -0.39 is 15.9 Å². The smallest absolute Gasteiger partial charge is 0.237 e. The molecule has 0 saturated heterocycles. The lowest BCUT2D eigenvalue weighted by molar-refractivity contribution is -0.122. The number of nitrogens with one attached hydrogen (secondary N) is 1. The van der Waals surface area contributed by atoms with Gasteiger partial charge < -0.3 is 11.1 Å². The Bertz CT molecular complexity index is 572. The second-order valence-corrected chi connectivity index (χ2v) is 7.53. The lowest BCUT2D eigenvalue weighted by Gasteiger charge is -2.17. The molecule has 0 saturated carbocycles. The van der Waals surface area contributed by atoms with Crippen molar-refractivity contribution in [3.05, 3.63) is 35.6 Å². The van der Waals surface area contributed by atoms with E-state index in [-0.39, 0.29) is 29.9 Å². The molecule has 7 heteroatoms. The normalized spacial score (nSPS) is 14.5. The first-order valence-electron chi connectivity index (χ1n) is 6.65. The molecule has 0 heterocycles. The third-order valence-electron chi connectivity index (χ3n) is 2.98. The minimum Gasteiger partial charge on any atom is -0.352 e. The minimum atomic E-state index is -3.13. The molecule has 2 unspecified atom stereocenters. The van der Waals surface area contributed by atoms with Gasteiger partial charge >= 0.3 is 0 Å². The highest BCUT2D eigenvalue weighted by Gasteiger charge is 2.17. The van der Waals surface area contributed by atoms with E-state index in [1.165, 1.54) is 12.1 Å². The summed E-state index contributed by atoms with van der Waals surface area (Å²) in [6, 6.07) is 5.01. The van der Waals surface area contributed by atoms with Gasteiger partial charge in [0.2, 0.25) is 5.91 Å². The number of rotatable bonds is 7. The number of carbonyl (C=O) groups is 1. The van der Waals surface area contributed by atoms with Crippen molar-refractivity contribution in [3.8, 4) is 0 Å². The average Bonchev–Trinajstić information content (AvgIpc) is 2.37. The Labute approximate surface area is 124 Å². The molecule has 118 valence electrons. The van der Waals surface area contributed by atoms with Gasteiger partial charge in [-0.05, 0) is 37.5 Å². The molecule has 0 aliphatic rings. The second-order valence-electron chi connectivity index (χ2n) is 5.27. The molecule has 21 heavy (non-hydrogen) atoms. The van der Waals surface area contributed by atoms with Gasteiger partial charge in [-0.1, -0.05) is 12.1 Å². The molecule has 3 N–H and O–H groups in total. The van der Waals surface area contributed by atoms with Crippen LogP contribution in [0.25, 0.3) is 0 Å². The second kappa shape index (κ2) is 7.51. The molecular weight excluding hydrogens is 295 g/mol. The predicted octanol–water partition coefficient (Wildman–Crippen LogP) is 0.635. The molecule has 0 fully saturated rings. The monoisotopic (exact) mass is 316 g/mol. The Kier molecular flexibility index (Phi) is 6.29. The molecule has 1 aromatic carbocycles. The summed E-state index contributed by atoms with van der Waals surface area (Å²) in [7, 11) is -3.13. The van der Waals surface area contributed by atoms with E-state index >= 15 is 0 Å². The molecule has 1 amide bonds. The molecule has 0 spiro atoms. The van der Waals surface area contributed by atoms with Crippen molar-refractivity contribution in [3.63, 3.8) is 0 Å². The molecule has 1 rings (SSSR count). The predicted molar refractivity (Wildman–Crippen MR) is 80.0 cm³/mol. The first kappa shape index (κ1) is 17.6. The lowest BCUT2D eigenvalue weighted by Crippen LogP contribution is -2.45. The molecule has 0 aliphatic carbocycles. The average molecular weight is 316 g/mol. The quantitative estimate of drug-likeness (QED) is 0.772. The summed E-state index contributed by atoms with van der Waals surface area (Å²) in [5.74, 6) is -0.806. The van der Waals surface area contributed by atoms with Crippen LogP contribution in [0.15, 0.2) is 24.3 Å². The zero-order valence-electron chi connectivity index (χ0n) is 12.2. The van der Waals surface area contributed by atoms with E-state index in [2.05, 4.69) is 5.32 Å². The maximum absolute atomic E-state index is 12.8. The third-order valence-corrected chi connectivity index (χ3v) is 3.96. The molecule has 0 bridgehead atoms. The van der Waals surface area contributed by atoms with Crippen molar-refractivity contribution in [2.24, 2.45) is 5.73 Å². The van der Waals surface area contributed by atoms with Crippen molar-refractivity contribution in [1.82, 2.24) is 5.32 Å². The van der Waals surface area contributed by atoms with Crippen LogP contribution in [0.2, 0.25) is 0 Å². The Morgan fingerprint density at radius 2 is 1.90 bits per heavy atom. The summed E-state index contributed by atoms with van der Waals surface area (Å²) in [4.78, 5) is 11.8. The SMILES string of the molecule is CC(Cc1ccc(F)cc1)NC(=O)C(N)CCS(C)(=O)=O. The van der Waals surface area contributed by atoms with Crippen LogP contribution < -0.4 is 11.1 Å². The zero-order valence-corrected chi connectivity index (χ0v) is 13.0. The maximum Gasteiger partial charge on any atom is 0.237 e. The maximum atomic E-state index is 12.8. The highest BCUT2D eigenvalue weighted by molar-refractivity contribution is 7.90. The fourth-order valence-corrected chi connectivity index (χ4v) is 2.53. The molecular formula is C14H21FN2O3S. The van der Waals surface area contributed by atoms with Crippen LogP contribution in [0.3, 0.4) is 0 Å². The van der Waals surface area contributed by atoms with Crippen molar-refractivity contribution >= 4 is 15.7 Å². The van der Waals surface area contributed by atoms with Crippen LogP contribution in [0, 0.1) is 5.82 Å². The molecule has 0 aliphatic heterocycles. The topological polar surface area (TPSA) is 89.3 Å². The highest BCUT2D eigenvalue weighted by Crippen LogP contribution is 2.06. The van der Waals surface area contributed by atoms with Crippen LogP contribution >= 0.6 is 0 Å². The first-order valence-corrected chi connectivity index (χ1v) is 8.71. The van der Waals surface area contributed by atoms with E-state index in [1.807, 2.05) is 6.92 Å². The van der Waals surface area contributed by atoms with E-state index in [4.69, 9.17) is 5.73 Å². The number of hydrogen-bond acceptors (Lipinski definition) is 4. The van der Waals surface area contributed by atoms with Crippen molar-refractivity contribution in [2.45, 2.75) is 31.8 Å². The standard InChI is InChI=1S/C14H21FN2O3S/c1-10(9-11-3-5-12(15)6-4-11)17-14(18)13(16)7-8-21(2,19)20/h3-6,10,13H,7-9,16H2,1-2H3,(H,17,18). The first-order chi connectivity index (χ1) is 9.67. The van der Waals surface area contributed by atoms with E-state index in [0.717, 1.165) is 11.8 Å². The third kappa shape index (κ3) is 7.19. The van der Waals surface area contributed by atoms with Crippen LogP contribution in [-0.4, -0.2) is 38.4 Å². The number of benzene rings is 1. The van der Waals surface area contributed by atoms with Crippen LogP contribution in [0.1, 0.15) is 18.9 Å². The van der Waals surface area contributed by atoms with Gasteiger partial charge in [0, 0.05) is 12.3 Å². The molecule has 0 radical (unpaired) electrons. The number of carbonyl (C=O) groups excluding carboxylic acids is 1. The Balaban J connectivity index is 2.44. The Morgan fingerprint density at radius 3 is 2.43 bits per heavy atom. The molecule has 0 aromatic heterocycles. The summed E-state index contributed by atoms with van der Waals surface area (Å²) in [6.45, 7) is 1.81. The van der Waals surface area contributed by atoms with Crippen LogP contribution in [-0.2, 0) is 21.1 Å². The van der Waals surface area contributed by atoms with Crippen LogP contribution in [0.5, 0.6) is 0 Å². The molecule has 5 nitrogen and oxygen atoms in total. The summed E-state index contributed by atoms with van der Waals surface area (Å²) in [5.41, 5.74) is 6.56. The summed E-state index contributed by atoms with van der Waals surface area (Å²) in [5, 5.41) is 2.73. The fraction of sp³-hybridized carbons (Fsp3) is 0.500. The lowest BCUT2D eigenvalue weighted by atomic mass is 10.1. The van der Waals surface area contributed by atoms with Gasteiger partial charge in [0.05, 0.1) is 11.8 Å². The van der Waals surface area contributed by atoms with Gasteiger partial charge in [0.1, 0.15) is 15.7 Å². The van der Waals surface area contributed by atoms with E-state index in [1.54, 1.807) is 12.1 Å². The summed E-state index contributed by atoms with van der Waals surface area (Å²) in [6.07, 6.45) is 1.74.